The van der Waals surface area contributed by atoms with Gasteiger partial charge in [0.1, 0.15) is 11.9 Å². The molecule has 2 rings (SSSR count). The maximum absolute atomic E-state index is 13.1. The molecule has 0 aliphatic heterocycles. The van der Waals surface area contributed by atoms with Gasteiger partial charge in [-0.15, -0.1) is 0 Å². The summed E-state index contributed by atoms with van der Waals surface area (Å²) < 4.78 is 63.1. The van der Waals surface area contributed by atoms with Crippen LogP contribution >= 0.6 is 11.8 Å². The Bertz CT molecular complexity index is 1070. The van der Waals surface area contributed by atoms with Crippen molar-refractivity contribution in [1.82, 2.24) is 10.0 Å². The van der Waals surface area contributed by atoms with E-state index in [4.69, 9.17) is 5.14 Å². The Morgan fingerprint density at radius 2 is 1.60 bits per heavy atom. The number of halogens is 1. The Hall–Kier alpha value is -1.99. The van der Waals surface area contributed by atoms with E-state index in [0.717, 1.165) is 24.3 Å². The van der Waals surface area contributed by atoms with Gasteiger partial charge in [0, 0.05) is 6.54 Å². The van der Waals surface area contributed by atoms with Gasteiger partial charge in [-0.2, -0.15) is 16.5 Å². The number of hydrogen-bond acceptors (Lipinski definition) is 6. The van der Waals surface area contributed by atoms with Crippen LogP contribution in [-0.4, -0.2) is 40.8 Å². The number of rotatable bonds is 10. The summed E-state index contributed by atoms with van der Waals surface area (Å²) in [5, 5.41) is 7.68. The number of nitrogens with two attached hydrogens (primary N) is 1. The summed E-state index contributed by atoms with van der Waals surface area (Å²) >= 11 is 1.46. The number of hydrogen-bond donors (Lipinski definition) is 3. The Balaban J connectivity index is 2.08. The molecule has 0 aliphatic rings. The number of sulfonamides is 2. The minimum Gasteiger partial charge on any atom is -0.351 e. The lowest BCUT2D eigenvalue weighted by atomic mass is 10.2. The van der Waals surface area contributed by atoms with Crippen molar-refractivity contribution in [3.63, 3.8) is 0 Å². The molecule has 0 saturated carbocycles. The topological polar surface area (TPSA) is 135 Å². The van der Waals surface area contributed by atoms with Crippen LogP contribution in [0.3, 0.4) is 0 Å². The first-order valence-electron chi connectivity index (χ1n) is 8.69. The fraction of sp³-hybridized carbons (Fsp3) is 0.278. The number of amides is 1. The van der Waals surface area contributed by atoms with E-state index in [1.54, 1.807) is 0 Å². The SMILES string of the molecule is CSCC[C@H](NS(=O)(=O)c1ccc(F)cc1)C(=O)NCc1ccc(S(N)(=O)=O)cc1. The summed E-state index contributed by atoms with van der Waals surface area (Å²) in [6, 6.07) is 8.89. The lowest BCUT2D eigenvalue weighted by Crippen LogP contribution is -2.46. The highest BCUT2D eigenvalue weighted by molar-refractivity contribution is 7.98. The number of benzene rings is 2. The normalized spacial score (nSPS) is 13.0. The number of primary sulfonamides is 1. The van der Waals surface area contributed by atoms with Gasteiger partial charge in [0.15, 0.2) is 0 Å². The van der Waals surface area contributed by atoms with Crippen LogP contribution < -0.4 is 15.2 Å². The van der Waals surface area contributed by atoms with E-state index in [1.165, 1.54) is 36.0 Å². The molecule has 30 heavy (non-hydrogen) atoms. The third-order valence-corrected chi connectivity index (χ3v) is 7.13. The summed E-state index contributed by atoms with van der Waals surface area (Å²) in [6.07, 6.45) is 2.08. The molecule has 0 radical (unpaired) electrons. The van der Waals surface area contributed by atoms with Gasteiger partial charge in [0.2, 0.25) is 26.0 Å². The average Bonchev–Trinajstić information content (AvgIpc) is 2.69. The van der Waals surface area contributed by atoms with Gasteiger partial charge in [-0.05, 0) is 60.4 Å². The van der Waals surface area contributed by atoms with E-state index >= 15 is 0 Å². The summed E-state index contributed by atoms with van der Waals surface area (Å²) in [6.45, 7) is 0.0672. The molecule has 164 valence electrons. The maximum Gasteiger partial charge on any atom is 0.241 e. The standard InChI is InChI=1S/C18H22FN3O5S3/c1-28-11-10-17(22-30(26,27)16-8-4-14(19)5-9-16)18(23)21-12-13-2-6-15(7-3-13)29(20,24)25/h2-9,17,22H,10-12H2,1H3,(H,21,23)(H2,20,24,25)/t17-/m0/s1. The number of nitrogens with one attached hydrogen (secondary N) is 2. The van der Waals surface area contributed by atoms with Crippen LogP contribution in [0.4, 0.5) is 4.39 Å². The van der Waals surface area contributed by atoms with Gasteiger partial charge < -0.3 is 5.32 Å². The van der Waals surface area contributed by atoms with Crippen LogP contribution in [0.5, 0.6) is 0 Å². The third-order valence-electron chi connectivity index (χ3n) is 4.07. The van der Waals surface area contributed by atoms with Crippen molar-refractivity contribution in [2.75, 3.05) is 12.0 Å². The van der Waals surface area contributed by atoms with E-state index in [1.807, 2.05) is 6.26 Å². The van der Waals surface area contributed by atoms with E-state index in [2.05, 4.69) is 10.0 Å². The van der Waals surface area contributed by atoms with Crippen LogP contribution in [0.2, 0.25) is 0 Å². The maximum atomic E-state index is 13.1. The molecular weight excluding hydrogens is 453 g/mol. The smallest absolute Gasteiger partial charge is 0.241 e. The molecular formula is C18H22FN3O5S3. The number of carbonyl (C=O) groups excluding carboxylic acids is 1. The first kappa shape index (κ1) is 24.3. The number of carbonyl (C=O) groups is 1. The molecule has 1 atom stereocenters. The van der Waals surface area contributed by atoms with Crippen molar-refractivity contribution in [3.05, 3.63) is 59.9 Å². The molecule has 0 bridgehead atoms. The van der Waals surface area contributed by atoms with Crippen LogP contribution in [0, 0.1) is 5.82 Å². The average molecular weight is 476 g/mol. The van der Waals surface area contributed by atoms with Crippen molar-refractivity contribution in [1.29, 1.82) is 0 Å². The molecule has 2 aromatic rings. The van der Waals surface area contributed by atoms with Gasteiger partial charge in [-0.3, -0.25) is 4.79 Å². The number of thioether (sulfide) groups is 1. The molecule has 0 unspecified atom stereocenters. The lowest BCUT2D eigenvalue weighted by Gasteiger charge is -2.18. The highest BCUT2D eigenvalue weighted by Crippen LogP contribution is 2.13. The molecule has 1 amide bonds. The van der Waals surface area contributed by atoms with E-state index in [9.17, 15) is 26.0 Å². The third kappa shape index (κ3) is 7.06. The molecule has 8 nitrogen and oxygen atoms in total. The molecule has 0 heterocycles. The van der Waals surface area contributed by atoms with Gasteiger partial charge in [0.25, 0.3) is 0 Å². The molecule has 0 aromatic heterocycles. The van der Waals surface area contributed by atoms with Crippen LogP contribution in [0.1, 0.15) is 12.0 Å². The molecule has 0 spiro atoms. The van der Waals surface area contributed by atoms with Crippen molar-refractivity contribution < 1.29 is 26.0 Å². The largest absolute Gasteiger partial charge is 0.351 e. The molecule has 0 aliphatic carbocycles. The summed E-state index contributed by atoms with van der Waals surface area (Å²) in [5.74, 6) is -0.572. The Morgan fingerprint density at radius 1 is 1.03 bits per heavy atom. The van der Waals surface area contributed by atoms with E-state index in [-0.39, 0.29) is 22.8 Å². The predicted molar refractivity (Wildman–Crippen MR) is 113 cm³/mol. The van der Waals surface area contributed by atoms with Crippen molar-refractivity contribution in [3.8, 4) is 0 Å². The van der Waals surface area contributed by atoms with Crippen LogP contribution in [-0.2, 0) is 31.4 Å². The quantitative estimate of drug-likeness (QED) is 0.472. The van der Waals surface area contributed by atoms with Gasteiger partial charge in [-0.25, -0.2) is 26.4 Å². The molecule has 0 fully saturated rings. The van der Waals surface area contributed by atoms with Crippen molar-refractivity contribution in [2.24, 2.45) is 5.14 Å². The second-order valence-electron chi connectivity index (χ2n) is 6.32. The molecule has 12 heteroatoms. The minimum absolute atomic E-state index is 0.0533. The second-order valence-corrected chi connectivity index (χ2v) is 10.6. The summed E-state index contributed by atoms with van der Waals surface area (Å²) in [5.41, 5.74) is 0.612. The Kier molecular flexibility index (Phi) is 8.38. The highest BCUT2D eigenvalue weighted by atomic mass is 32.2. The van der Waals surface area contributed by atoms with Crippen molar-refractivity contribution >= 4 is 37.7 Å². The predicted octanol–water partition coefficient (Wildman–Crippen LogP) is 1.19. The van der Waals surface area contributed by atoms with Gasteiger partial charge in [0.05, 0.1) is 9.79 Å². The van der Waals surface area contributed by atoms with Crippen molar-refractivity contribution in [2.45, 2.75) is 28.8 Å². The van der Waals surface area contributed by atoms with E-state index in [0.29, 0.717) is 11.3 Å². The molecule has 2 aromatic carbocycles. The molecule has 4 N–H and O–H groups in total. The van der Waals surface area contributed by atoms with E-state index < -0.39 is 37.8 Å². The zero-order valence-corrected chi connectivity index (χ0v) is 18.5. The Labute approximate surface area is 179 Å². The highest BCUT2D eigenvalue weighted by Gasteiger charge is 2.25. The van der Waals surface area contributed by atoms with Crippen LogP contribution in [0.25, 0.3) is 0 Å². The first-order chi connectivity index (χ1) is 14.0. The zero-order chi connectivity index (χ0) is 22.4. The fourth-order valence-electron chi connectivity index (χ4n) is 2.46. The zero-order valence-electron chi connectivity index (χ0n) is 16.0. The fourth-order valence-corrected chi connectivity index (χ4v) is 4.67. The van der Waals surface area contributed by atoms with Gasteiger partial charge in [-0.1, -0.05) is 12.1 Å². The summed E-state index contributed by atoms with van der Waals surface area (Å²) in [4.78, 5) is 12.4. The Morgan fingerprint density at radius 3 is 2.13 bits per heavy atom. The van der Waals surface area contributed by atoms with Gasteiger partial charge >= 0.3 is 0 Å². The first-order valence-corrected chi connectivity index (χ1v) is 13.1. The summed E-state index contributed by atoms with van der Waals surface area (Å²) in [7, 11) is -7.84. The lowest BCUT2D eigenvalue weighted by molar-refractivity contribution is -0.122. The second kappa shape index (κ2) is 10.4. The monoisotopic (exact) mass is 475 g/mol. The minimum atomic E-state index is -4.02. The van der Waals surface area contributed by atoms with Crippen LogP contribution in [0.15, 0.2) is 58.3 Å². The molecule has 0 saturated heterocycles.